The van der Waals surface area contributed by atoms with Crippen molar-refractivity contribution in [3.05, 3.63) is 0 Å². The summed E-state index contributed by atoms with van der Waals surface area (Å²) in [6.07, 6.45) is 8.53. The summed E-state index contributed by atoms with van der Waals surface area (Å²) in [5, 5.41) is 7.97. The van der Waals surface area contributed by atoms with Crippen molar-refractivity contribution >= 4 is 17.3 Å². The van der Waals surface area contributed by atoms with Gasteiger partial charge in [0.15, 0.2) is 5.11 Å². The topological polar surface area (TPSA) is 28.5 Å². The predicted molar refractivity (Wildman–Crippen MR) is 86.9 cm³/mol. The minimum atomic E-state index is 0.669. The number of hydrogen-bond acceptors (Lipinski definition) is 1. The summed E-state index contributed by atoms with van der Waals surface area (Å²) in [5.41, 5.74) is 0. The third-order valence-electron chi connectivity index (χ3n) is 5.66. The fourth-order valence-electron chi connectivity index (χ4n) is 5.01. The predicted octanol–water partition coefficient (Wildman–Crippen LogP) is 0.810. The van der Waals surface area contributed by atoms with Crippen molar-refractivity contribution < 1.29 is 4.90 Å². The van der Waals surface area contributed by atoms with Gasteiger partial charge in [0.05, 0.1) is 20.6 Å². The van der Waals surface area contributed by atoms with Crippen LogP contribution in [0.1, 0.15) is 38.5 Å². The summed E-state index contributed by atoms with van der Waals surface area (Å²) in [4.78, 5) is 1.51. The van der Waals surface area contributed by atoms with E-state index in [4.69, 9.17) is 12.2 Å². The largest absolute Gasteiger partial charge is 0.363 e. The molecule has 0 saturated heterocycles. The lowest BCUT2D eigenvalue weighted by molar-refractivity contribution is -0.858. The van der Waals surface area contributed by atoms with Gasteiger partial charge in [-0.25, -0.2) is 0 Å². The van der Waals surface area contributed by atoms with Crippen molar-refractivity contribution in [2.45, 2.75) is 44.6 Å². The van der Waals surface area contributed by atoms with Crippen LogP contribution in [0.3, 0.4) is 0 Å². The molecule has 0 unspecified atom stereocenters. The van der Waals surface area contributed by atoms with Gasteiger partial charge >= 0.3 is 0 Å². The van der Waals surface area contributed by atoms with Crippen LogP contribution in [0.15, 0.2) is 0 Å². The first-order valence-corrected chi connectivity index (χ1v) is 8.86. The van der Waals surface area contributed by atoms with Crippen molar-refractivity contribution in [3.63, 3.8) is 0 Å². The van der Waals surface area contributed by atoms with Crippen LogP contribution in [0.5, 0.6) is 0 Å². The Bertz CT molecular complexity index is 328. The molecule has 4 fully saturated rings. The van der Waals surface area contributed by atoms with Crippen molar-refractivity contribution in [3.8, 4) is 0 Å². The molecule has 0 aromatic rings. The van der Waals surface area contributed by atoms with Gasteiger partial charge in [0.1, 0.15) is 0 Å². The van der Waals surface area contributed by atoms with E-state index in [1.165, 1.54) is 50.0 Å². The molecule has 4 saturated carbocycles. The second kappa shape index (κ2) is 6.18. The highest BCUT2D eigenvalue weighted by Crippen LogP contribution is 2.53. The summed E-state index contributed by atoms with van der Waals surface area (Å²) in [5.74, 6) is 3.88. The number of rotatable bonds is 5. The lowest BCUT2D eigenvalue weighted by Crippen LogP contribution is -3.05. The maximum atomic E-state index is 5.50. The van der Waals surface area contributed by atoms with Gasteiger partial charge in [0, 0.05) is 19.0 Å². The van der Waals surface area contributed by atoms with E-state index in [9.17, 15) is 0 Å². The zero-order valence-corrected chi connectivity index (χ0v) is 13.8. The number of nitrogens with one attached hydrogen (secondary N) is 3. The van der Waals surface area contributed by atoms with Crippen LogP contribution >= 0.6 is 12.2 Å². The first-order chi connectivity index (χ1) is 9.61. The van der Waals surface area contributed by atoms with Crippen LogP contribution < -0.4 is 15.5 Å². The van der Waals surface area contributed by atoms with Crippen molar-refractivity contribution in [2.75, 3.05) is 27.2 Å². The maximum Gasteiger partial charge on any atom is 0.166 e. The maximum absolute atomic E-state index is 5.50. The van der Waals surface area contributed by atoms with Crippen molar-refractivity contribution in [1.82, 2.24) is 10.6 Å². The highest BCUT2D eigenvalue weighted by Gasteiger charge is 2.48. The van der Waals surface area contributed by atoms with E-state index in [0.717, 1.165) is 35.3 Å². The molecule has 3 N–H and O–H groups in total. The Morgan fingerprint density at radius 1 is 1.05 bits per heavy atom. The van der Waals surface area contributed by atoms with Gasteiger partial charge in [-0.05, 0) is 68.0 Å². The molecule has 0 heterocycles. The van der Waals surface area contributed by atoms with E-state index in [0.29, 0.717) is 6.04 Å². The SMILES string of the molecule is C[NH+](C)CCCNC(=S)NC1C2CC3CC(C2)CC1C3. The van der Waals surface area contributed by atoms with E-state index in [2.05, 4.69) is 24.7 Å². The molecule has 4 aliphatic carbocycles. The third-order valence-corrected chi connectivity index (χ3v) is 5.93. The molecule has 114 valence electrons. The molecule has 3 nitrogen and oxygen atoms in total. The second-order valence-corrected chi connectivity index (χ2v) is 8.08. The Balaban J connectivity index is 1.42. The Morgan fingerprint density at radius 3 is 2.20 bits per heavy atom. The van der Waals surface area contributed by atoms with Crippen LogP contribution in [0.25, 0.3) is 0 Å². The Hall–Kier alpha value is -0.350. The Morgan fingerprint density at radius 2 is 1.65 bits per heavy atom. The zero-order chi connectivity index (χ0) is 14.1. The van der Waals surface area contributed by atoms with Crippen LogP contribution in [-0.4, -0.2) is 38.3 Å². The van der Waals surface area contributed by atoms with E-state index in [-0.39, 0.29) is 0 Å². The third kappa shape index (κ3) is 3.28. The molecular formula is C16H30N3S+. The van der Waals surface area contributed by atoms with Gasteiger partial charge < -0.3 is 15.5 Å². The molecule has 4 rings (SSSR count). The average Bonchev–Trinajstić information content (AvgIpc) is 2.38. The molecular weight excluding hydrogens is 266 g/mol. The van der Waals surface area contributed by atoms with Gasteiger partial charge in [0.2, 0.25) is 0 Å². The van der Waals surface area contributed by atoms with Crippen LogP contribution in [-0.2, 0) is 0 Å². The fourth-order valence-corrected chi connectivity index (χ4v) is 5.25. The van der Waals surface area contributed by atoms with Crippen molar-refractivity contribution in [2.24, 2.45) is 23.7 Å². The van der Waals surface area contributed by atoms with E-state index in [1.54, 1.807) is 0 Å². The molecule has 0 aromatic carbocycles. The number of quaternary nitrogens is 1. The molecule has 0 amide bonds. The second-order valence-electron chi connectivity index (χ2n) is 7.67. The van der Waals surface area contributed by atoms with Crippen LogP contribution in [0.2, 0.25) is 0 Å². The molecule has 4 bridgehead atoms. The first kappa shape index (κ1) is 14.6. The molecule has 0 spiro atoms. The van der Waals surface area contributed by atoms with Gasteiger partial charge in [0.25, 0.3) is 0 Å². The quantitative estimate of drug-likeness (QED) is 0.518. The first-order valence-electron chi connectivity index (χ1n) is 8.45. The lowest BCUT2D eigenvalue weighted by Gasteiger charge is -2.54. The highest BCUT2D eigenvalue weighted by atomic mass is 32.1. The molecule has 0 radical (unpaired) electrons. The van der Waals surface area contributed by atoms with Gasteiger partial charge in [-0.2, -0.15) is 0 Å². The van der Waals surface area contributed by atoms with Gasteiger partial charge in [-0.1, -0.05) is 0 Å². The van der Waals surface area contributed by atoms with E-state index >= 15 is 0 Å². The van der Waals surface area contributed by atoms with E-state index in [1.807, 2.05) is 0 Å². The summed E-state index contributed by atoms with van der Waals surface area (Å²) >= 11 is 5.50. The molecule has 4 aliphatic rings. The van der Waals surface area contributed by atoms with Gasteiger partial charge in [-0.3, -0.25) is 0 Å². The van der Waals surface area contributed by atoms with Crippen LogP contribution in [0.4, 0.5) is 0 Å². The zero-order valence-electron chi connectivity index (χ0n) is 13.0. The van der Waals surface area contributed by atoms with E-state index < -0.39 is 0 Å². The smallest absolute Gasteiger partial charge is 0.166 e. The summed E-state index contributed by atoms with van der Waals surface area (Å²) < 4.78 is 0. The van der Waals surface area contributed by atoms with Crippen molar-refractivity contribution in [1.29, 1.82) is 0 Å². The Labute approximate surface area is 128 Å². The molecule has 20 heavy (non-hydrogen) atoms. The minimum absolute atomic E-state index is 0.669. The molecule has 0 atom stereocenters. The molecule has 0 aliphatic heterocycles. The number of hydrogen-bond donors (Lipinski definition) is 3. The summed E-state index contributed by atoms with van der Waals surface area (Å²) in [6.45, 7) is 2.21. The number of thiocarbonyl (C=S) groups is 1. The monoisotopic (exact) mass is 296 g/mol. The fraction of sp³-hybridized carbons (Fsp3) is 0.938. The summed E-state index contributed by atoms with van der Waals surface area (Å²) in [7, 11) is 4.40. The van der Waals surface area contributed by atoms with Crippen LogP contribution in [0, 0.1) is 23.7 Å². The normalized spacial score (nSPS) is 38.2. The lowest BCUT2D eigenvalue weighted by atomic mass is 9.54. The summed E-state index contributed by atoms with van der Waals surface area (Å²) in [6, 6.07) is 0.669. The highest BCUT2D eigenvalue weighted by molar-refractivity contribution is 7.80. The molecule has 4 heteroatoms. The Kier molecular flexibility index (Phi) is 4.51. The molecule has 0 aromatic heterocycles. The standard InChI is InChI=1S/C16H29N3S/c1-19(2)5-3-4-17-16(20)18-15-13-7-11-6-12(9-13)10-14(15)8-11/h11-15H,3-10H2,1-2H3,(H2,17,18,20)/p+1. The average molecular weight is 297 g/mol. The van der Waals surface area contributed by atoms with Gasteiger partial charge in [-0.15, -0.1) is 0 Å². The minimum Gasteiger partial charge on any atom is -0.363 e.